The van der Waals surface area contributed by atoms with Crippen LogP contribution in [0.4, 0.5) is 10.2 Å². The number of nitrogens with zero attached hydrogens (tertiary/aromatic N) is 3. The molecule has 1 aromatic carbocycles. The van der Waals surface area contributed by atoms with E-state index in [1.807, 2.05) is 0 Å². The van der Waals surface area contributed by atoms with Crippen molar-refractivity contribution in [2.45, 2.75) is 17.3 Å². The monoisotopic (exact) mass is 384 g/mol. The summed E-state index contributed by atoms with van der Waals surface area (Å²) in [5.41, 5.74) is 0.777. The van der Waals surface area contributed by atoms with E-state index in [2.05, 4.69) is 14.7 Å². The third kappa shape index (κ3) is 4.59. The summed E-state index contributed by atoms with van der Waals surface area (Å²) in [4.78, 5) is 8.39. The molecule has 10 heteroatoms. The smallest absolute Gasteiger partial charge is 0.302 e. The first kappa shape index (κ1) is 17.9. The van der Waals surface area contributed by atoms with E-state index in [4.69, 9.17) is 4.74 Å². The molecule has 0 bridgehead atoms. The van der Waals surface area contributed by atoms with Gasteiger partial charge in [0.15, 0.2) is 5.16 Å². The van der Waals surface area contributed by atoms with Gasteiger partial charge in [-0.15, -0.1) is 0 Å². The van der Waals surface area contributed by atoms with Crippen LogP contribution in [0.1, 0.15) is 12.0 Å². The Labute approximate surface area is 149 Å². The second-order valence-electron chi connectivity index (χ2n) is 5.36. The van der Waals surface area contributed by atoms with Gasteiger partial charge in [0.1, 0.15) is 11.6 Å². The van der Waals surface area contributed by atoms with Gasteiger partial charge in [0.2, 0.25) is 5.88 Å². The van der Waals surface area contributed by atoms with E-state index < -0.39 is 10.2 Å². The molecule has 2 heterocycles. The van der Waals surface area contributed by atoms with Crippen molar-refractivity contribution in [3.8, 4) is 5.88 Å². The van der Waals surface area contributed by atoms with Gasteiger partial charge < -0.3 is 4.74 Å². The van der Waals surface area contributed by atoms with Crippen molar-refractivity contribution in [2.75, 3.05) is 24.9 Å². The van der Waals surface area contributed by atoms with Crippen molar-refractivity contribution in [1.82, 2.24) is 14.3 Å². The Kier molecular flexibility index (Phi) is 5.40. The van der Waals surface area contributed by atoms with Crippen LogP contribution in [0.5, 0.6) is 5.88 Å². The molecule has 1 aromatic heterocycles. The topological polar surface area (TPSA) is 84.4 Å². The van der Waals surface area contributed by atoms with Gasteiger partial charge in [-0.2, -0.15) is 17.7 Å². The minimum Gasteiger partial charge on any atom is -0.481 e. The van der Waals surface area contributed by atoms with E-state index in [1.54, 1.807) is 12.1 Å². The van der Waals surface area contributed by atoms with Crippen molar-refractivity contribution in [1.29, 1.82) is 0 Å². The second kappa shape index (κ2) is 7.54. The van der Waals surface area contributed by atoms with Crippen molar-refractivity contribution >= 4 is 27.8 Å². The van der Waals surface area contributed by atoms with Crippen LogP contribution >= 0.6 is 11.8 Å². The Hall–Kier alpha value is -1.91. The molecule has 3 rings (SSSR count). The Bertz CT molecular complexity index is 860. The molecule has 0 atom stereocenters. The molecular weight excluding hydrogens is 367 g/mol. The summed E-state index contributed by atoms with van der Waals surface area (Å²) in [6, 6.07) is 7.65. The van der Waals surface area contributed by atoms with Gasteiger partial charge >= 0.3 is 10.2 Å². The average Bonchev–Trinajstić information content (AvgIpc) is 2.50. The molecule has 1 N–H and O–H groups in total. The Balaban J connectivity index is 1.75. The number of hydrogen-bond acceptors (Lipinski definition) is 6. The van der Waals surface area contributed by atoms with E-state index in [1.165, 1.54) is 41.4 Å². The first-order chi connectivity index (χ1) is 12.0. The maximum atomic E-state index is 13.2. The lowest BCUT2D eigenvalue weighted by Gasteiger charge is -2.29. The maximum absolute atomic E-state index is 13.2. The highest BCUT2D eigenvalue weighted by Gasteiger charge is 2.28. The number of rotatable bonds is 7. The first-order valence-electron chi connectivity index (χ1n) is 7.54. The number of hydrogen-bond donors (Lipinski definition) is 1. The number of aromatic nitrogens is 2. The van der Waals surface area contributed by atoms with Crippen LogP contribution in [0.25, 0.3) is 0 Å². The van der Waals surface area contributed by atoms with E-state index in [0.29, 0.717) is 24.0 Å². The van der Waals surface area contributed by atoms with Crippen LogP contribution < -0.4 is 9.46 Å². The molecule has 1 aliphatic rings. The molecule has 0 radical (unpaired) electrons. The zero-order valence-corrected chi connectivity index (χ0v) is 15.1. The number of methoxy groups -OCH3 is 1. The number of ether oxygens (including phenoxy) is 1. The van der Waals surface area contributed by atoms with Gasteiger partial charge in [0.05, 0.1) is 7.11 Å². The van der Waals surface area contributed by atoms with E-state index >= 15 is 0 Å². The standard InChI is InChI=1S/C15H17FN4O3S2/c1-23-14-9-13(19-25(21,22)20-6-3-7-20)17-15(18-14)24-10-11-4-2-5-12(16)8-11/h2,4-5,8-9H,3,6-7,10H2,1H3,(H,17,18,19). The summed E-state index contributed by atoms with van der Waals surface area (Å²) in [6.07, 6.45) is 0.850. The quantitative estimate of drug-likeness (QED) is 0.582. The lowest BCUT2D eigenvalue weighted by molar-refractivity contribution is 0.311. The second-order valence-corrected chi connectivity index (χ2v) is 7.97. The van der Waals surface area contributed by atoms with Gasteiger partial charge in [-0.3, -0.25) is 4.72 Å². The molecule has 1 saturated heterocycles. The lowest BCUT2D eigenvalue weighted by atomic mass is 10.2. The summed E-state index contributed by atoms with van der Waals surface area (Å²) < 4.78 is 46.5. The molecule has 0 amide bonds. The molecule has 134 valence electrons. The zero-order valence-electron chi connectivity index (χ0n) is 13.5. The van der Waals surface area contributed by atoms with Gasteiger partial charge in [0.25, 0.3) is 0 Å². The Morgan fingerprint density at radius 3 is 2.76 bits per heavy atom. The molecule has 25 heavy (non-hydrogen) atoms. The van der Waals surface area contributed by atoms with Crippen LogP contribution in [0.2, 0.25) is 0 Å². The molecule has 7 nitrogen and oxygen atoms in total. The molecule has 1 fully saturated rings. The van der Waals surface area contributed by atoms with Crippen molar-refractivity contribution < 1.29 is 17.5 Å². The first-order valence-corrected chi connectivity index (χ1v) is 9.97. The molecule has 1 aliphatic heterocycles. The van der Waals surface area contributed by atoms with Crippen LogP contribution in [0.3, 0.4) is 0 Å². The van der Waals surface area contributed by atoms with Crippen LogP contribution in [-0.4, -0.2) is 42.9 Å². The number of nitrogens with one attached hydrogen (secondary N) is 1. The lowest BCUT2D eigenvalue weighted by Crippen LogP contribution is -2.45. The van der Waals surface area contributed by atoms with Crippen molar-refractivity contribution in [3.05, 3.63) is 41.7 Å². The normalized spacial score (nSPS) is 14.8. The summed E-state index contributed by atoms with van der Waals surface area (Å²) in [7, 11) is -2.17. The maximum Gasteiger partial charge on any atom is 0.302 e. The fourth-order valence-electron chi connectivity index (χ4n) is 2.12. The highest BCUT2D eigenvalue weighted by atomic mass is 32.2. The molecular formula is C15H17FN4O3S2. The number of benzene rings is 1. The van der Waals surface area contributed by atoms with E-state index in [0.717, 1.165) is 12.0 Å². The summed E-state index contributed by atoms with van der Waals surface area (Å²) in [5.74, 6) is 0.523. The number of halogens is 1. The molecule has 0 saturated carbocycles. The summed E-state index contributed by atoms with van der Waals surface area (Å²) in [6.45, 7) is 0.997. The number of anilines is 1. The largest absolute Gasteiger partial charge is 0.481 e. The number of thioether (sulfide) groups is 1. The highest BCUT2D eigenvalue weighted by Crippen LogP contribution is 2.25. The minimum absolute atomic E-state index is 0.139. The highest BCUT2D eigenvalue weighted by molar-refractivity contribution is 7.98. The predicted molar refractivity (Wildman–Crippen MR) is 93.3 cm³/mol. The van der Waals surface area contributed by atoms with Gasteiger partial charge in [-0.05, 0) is 24.1 Å². The third-order valence-corrected chi connectivity index (χ3v) is 5.97. The van der Waals surface area contributed by atoms with Crippen molar-refractivity contribution in [2.24, 2.45) is 0 Å². The Morgan fingerprint density at radius 1 is 1.32 bits per heavy atom. The predicted octanol–water partition coefficient (Wildman–Crippen LogP) is 2.28. The SMILES string of the molecule is COc1cc(NS(=O)(=O)N2CCC2)nc(SCc2cccc(F)c2)n1. The fourth-order valence-corrected chi connectivity index (χ4v) is 4.15. The van der Waals surface area contributed by atoms with Gasteiger partial charge in [0, 0.05) is 24.9 Å². The fraction of sp³-hybridized carbons (Fsp3) is 0.333. The summed E-state index contributed by atoms with van der Waals surface area (Å²) in [5, 5.41) is 0.338. The van der Waals surface area contributed by atoms with Gasteiger partial charge in [-0.1, -0.05) is 23.9 Å². The zero-order chi connectivity index (χ0) is 17.9. The Morgan fingerprint density at radius 2 is 2.12 bits per heavy atom. The molecule has 2 aromatic rings. The van der Waals surface area contributed by atoms with Crippen LogP contribution in [-0.2, 0) is 16.0 Å². The molecule has 0 spiro atoms. The van der Waals surface area contributed by atoms with E-state index in [9.17, 15) is 12.8 Å². The van der Waals surface area contributed by atoms with Crippen LogP contribution in [0, 0.1) is 5.82 Å². The van der Waals surface area contributed by atoms with Gasteiger partial charge in [-0.25, -0.2) is 9.37 Å². The third-order valence-electron chi connectivity index (χ3n) is 3.54. The molecule has 0 unspecified atom stereocenters. The van der Waals surface area contributed by atoms with Crippen molar-refractivity contribution in [3.63, 3.8) is 0 Å². The average molecular weight is 384 g/mol. The van der Waals surface area contributed by atoms with Crippen LogP contribution in [0.15, 0.2) is 35.5 Å². The van der Waals surface area contributed by atoms with E-state index in [-0.39, 0.29) is 17.5 Å². The summed E-state index contributed by atoms with van der Waals surface area (Å²) >= 11 is 1.26. The molecule has 0 aliphatic carbocycles. The minimum atomic E-state index is -3.61.